The number of aryl methyl sites for hydroxylation is 2. The minimum absolute atomic E-state index is 0.391. The van der Waals surface area contributed by atoms with Crippen molar-refractivity contribution >= 4 is 27.4 Å². The third-order valence-electron chi connectivity index (χ3n) is 3.96. The Morgan fingerprint density at radius 1 is 1.30 bits per heavy atom. The van der Waals surface area contributed by atoms with Crippen LogP contribution in [0, 0.1) is 0 Å². The highest BCUT2D eigenvalue weighted by molar-refractivity contribution is 7.19. The van der Waals surface area contributed by atoms with Crippen molar-refractivity contribution in [2.45, 2.75) is 31.9 Å². The lowest BCUT2D eigenvalue weighted by Gasteiger charge is -2.18. The zero-order valence-electron chi connectivity index (χ0n) is 12.9. The number of hydrogen-bond donors (Lipinski definition) is 1. The van der Waals surface area contributed by atoms with E-state index in [0.29, 0.717) is 19.5 Å². The summed E-state index contributed by atoms with van der Waals surface area (Å²) in [7, 11) is 1.49. The molecule has 0 aliphatic heterocycles. The molecule has 0 amide bonds. The first kappa shape index (κ1) is 16.4. The van der Waals surface area contributed by atoms with Gasteiger partial charge in [-0.15, -0.1) is 11.3 Å². The second-order valence-corrected chi connectivity index (χ2v) is 6.98. The van der Waals surface area contributed by atoms with Crippen LogP contribution in [0.5, 0.6) is 0 Å². The van der Waals surface area contributed by atoms with Crippen LogP contribution in [0.15, 0.2) is 6.33 Å². The molecule has 3 rings (SSSR count). The smallest absolute Gasteiger partial charge is 0.369 e. The molecule has 1 aliphatic carbocycles. The van der Waals surface area contributed by atoms with E-state index in [1.807, 2.05) is 0 Å². The molecule has 0 bridgehead atoms. The molecule has 0 spiro atoms. The van der Waals surface area contributed by atoms with Crippen LogP contribution in [0.3, 0.4) is 0 Å². The number of thiophene rings is 1. The van der Waals surface area contributed by atoms with Crippen LogP contribution in [0.2, 0.25) is 0 Å². The fourth-order valence-corrected chi connectivity index (χ4v) is 4.23. The summed E-state index contributed by atoms with van der Waals surface area (Å²) in [4.78, 5) is 12.3. The Morgan fingerprint density at radius 2 is 2.13 bits per heavy atom. The highest BCUT2D eigenvalue weighted by Crippen LogP contribution is 2.38. The topological polar surface area (TPSA) is 41.0 Å². The average Bonchev–Trinajstić information content (AvgIpc) is 3.02. The minimum Gasteiger partial charge on any atom is -0.369 e. The zero-order chi connectivity index (χ0) is 16.4. The van der Waals surface area contributed by atoms with Gasteiger partial charge in [0.1, 0.15) is 17.0 Å². The Morgan fingerprint density at radius 3 is 2.91 bits per heavy atom. The monoisotopic (exact) mass is 344 g/mol. The highest BCUT2D eigenvalue weighted by Gasteiger charge is 2.28. The van der Waals surface area contributed by atoms with Gasteiger partial charge in [0.15, 0.2) is 0 Å². The Kier molecular flexibility index (Phi) is 4.72. The molecule has 23 heavy (non-hydrogen) atoms. The maximum Gasteiger partial charge on any atom is 0.401 e. The maximum atomic E-state index is 12.3. The Labute approximate surface area is 136 Å². The lowest BCUT2D eigenvalue weighted by molar-refractivity contribution is -0.142. The molecule has 2 aromatic rings. The van der Waals surface area contributed by atoms with Crippen LogP contribution >= 0.6 is 11.3 Å². The quantitative estimate of drug-likeness (QED) is 0.815. The van der Waals surface area contributed by atoms with Crippen LogP contribution < -0.4 is 5.32 Å². The number of hydrogen-bond acceptors (Lipinski definition) is 5. The van der Waals surface area contributed by atoms with E-state index in [4.69, 9.17) is 0 Å². The van der Waals surface area contributed by atoms with E-state index in [2.05, 4.69) is 15.3 Å². The van der Waals surface area contributed by atoms with Crippen molar-refractivity contribution < 1.29 is 13.2 Å². The Hall–Kier alpha value is -1.41. The van der Waals surface area contributed by atoms with Crippen LogP contribution in [-0.2, 0) is 12.8 Å². The van der Waals surface area contributed by atoms with E-state index in [-0.39, 0.29) is 0 Å². The summed E-state index contributed by atoms with van der Waals surface area (Å²) in [5.74, 6) is 0.813. The van der Waals surface area contributed by atoms with Crippen LogP contribution in [0.25, 0.3) is 10.2 Å². The summed E-state index contributed by atoms with van der Waals surface area (Å²) in [6.07, 6.45) is 1.38. The summed E-state index contributed by atoms with van der Waals surface area (Å²) in [5, 5.41) is 4.37. The van der Waals surface area contributed by atoms with E-state index in [1.165, 1.54) is 28.8 Å². The third kappa shape index (κ3) is 3.92. The standard InChI is InChI=1S/C15H19F3N4S/c1-22(8-15(16,17)18)7-3-6-19-13-12-10-4-2-5-11(10)23-14(12)21-9-20-13/h9H,2-8H2,1H3,(H,19,20,21). The van der Waals surface area contributed by atoms with Crippen molar-refractivity contribution in [1.29, 1.82) is 0 Å². The number of nitrogens with zero attached hydrogens (tertiary/aromatic N) is 3. The molecule has 0 saturated heterocycles. The molecule has 2 heterocycles. The fourth-order valence-electron chi connectivity index (χ4n) is 3.00. The summed E-state index contributed by atoms with van der Waals surface area (Å²) >= 11 is 1.73. The minimum atomic E-state index is -4.14. The number of anilines is 1. The second-order valence-electron chi connectivity index (χ2n) is 5.89. The maximum absolute atomic E-state index is 12.3. The van der Waals surface area contributed by atoms with Gasteiger partial charge in [-0.1, -0.05) is 0 Å². The van der Waals surface area contributed by atoms with Gasteiger partial charge in [0.2, 0.25) is 0 Å². The predicted molar refractivity (Wildman–Crippen MR) is 86.1 cm³/mol. The van der Waals surface area contributed by atoms with Crippen LogP contribution in [0.4, 0.5) is 19.0 Å². The predicted octanol–water partition coefficient (Wildman–Crippen LogP) is 3.48. The first-order valence-corrected chi connectivity index (χ1v) is 8.50. The number of halogens is 3. The summed E-state index contributed by atoms with van der Waals surface area (Å²) in [6, 6.07) is 0. The highest BCUT2D eigenvalue weighted by atomic mass is 32.1. The first-order valence-electron chi connectivity index (χ1n) is 7.68. The van der Waals surface area contributed by atoms with E-state index >= 15 is 0 Å². The number of nitrogens with one attached hydrogen (secondary N) is 1. The van der Waals surface area contributed by atoms with Crippen molar-refractivity contribution in [3.8, 4) is 0 Å². The molecule has 8 heteroatoms. The van der Waals surface area contributed by atoms with Gasteiger partial charge in [-0.05, 0) is 44.8 Å². The fraction of sp³-hybridized carbons (Fsp3) is 0.600. The summed E-state index contributed by atoms with van der Waals surface area (Å²) in [5.41, 5.74) is 1.35. The molecule has 0 fully saturated rings. The van der Waals surface area contributed by atoms with Gasteiger partial charge < -0.3 is 5.32 Å². The number of fused-ring (bicyclic) bond motifs is 3. The molecule has 0 aromatic carbocycles. The normalized spacial score (nSPS) is 14.7. The van der Waals surface area contributed by atoms with E-state index in [1.54, 1.807) is 17.7 Å². The Bertz CT molecular complexity index is 683. The number of alkyl halides is 3. The first-order chi connectivity index (χ1) is 10.9. The molecular formula is C15H19F3N4S. The molecule has 4 nitrogen and oxygen atoms in total. The molecular weight excluding hydrogens is 325 g/mol. The van der Waals surface area contributed by atoms with Crippen molar-refractivity contribution in [1.82, 2.24) is 14.9 Å². The average molecular weight is 344 g/mol. The number of aromatic nitrogens is 2. The van der Waals surface area contributed by atoms with E-state index < -0.39 is 12.7 Å². The van der Waals surface area contributed by atoms with E-state index in [9.17, 15) is 13.2 Å². The molecule has 2 aromatic heterocycles. The van der Waals surface area contributed by atoms with Gasteiger partial charge in [0.25, 0.3) is 0 Å². The van der Waals surface area contributed by atoms with E-state index in [0.717, 1.165) is 28.9 Å². The van der Waals surface area contributed by atoms with Crippen molar-refractivity contribution in [3.63, 3.8) is 0 Å². The zero-order valence-corrected chi connectivity index (χ0v) is 13.7. The van der Waals surface area contributed by atoms with Crippen molar-refractivity contribution in [2.75, 3.05) is 32.0 Å². The molecule has 1 aliphatic rings. The molecule has 1 N–H and O–H groups in total. The molecule has 0 atom stereocenters. The van der Waals surface area contributed by atoms with Gasteiger partial charge in [-0.25, -0.2) is 9.97 Å². The third-order valence-corrected chi connectivity index (χ3v) is 5.16. The lowest BCUT2D eigenvalue weighted by atomic mass is 10.2. The number of rotatable bonds is 6. The molecule has 0 unspecified atom stereocenters. The van der Waals surface area contributed by atoms with Gasteiger partial charge in [0, 0.05) is 11.4 Å². The van der Waals surface area contributed by atoms with Gasteiger partial charge in [0.05, 0.1) is 11.9 Å². The van der Waals surface area contributed by atoms with Crippen molar-refractivity contribution in [3.05, 3.63) is 16.8 Å². The molecule has 0 radical (unpaired) electrons. The van der Waals surface area contributed by atoms with Gasteiger partial charge in [-0.2, -0.15) is 13.2 Å². The van der Waals surface area contributed by atoms with Crippen molar-refractivity contribution in [2.24, 2.45) is 0 Å². The largest absolute Gasteiger partial charge is 0.401 e. The van der Waals surface area contributed by atoms with Gasteiger partial charge in [-0.3, -0.25) is 4.90 Å². The summed E-state index contributed by atoms with van der Waals surface area (Å²) in [6.45, 7) is 0.115. The SMILES string of the molecule is CN(CCCNc1ncnc2sc3c(c12)CCC3)CC(F)(F)F. The summed E-state index contributed by atoms with van der Waals surface area (Å²) < 4.78 is 36.8. The molecule has 126 valence electrons. The Balaban J connectivity index is 1.58. The van der Waals surface area contributed by atoms with Gasteiger partial charge >= 0.3 is 6.18 Å². The molecule has 0 saturated carbocycles. The second kappa shape index (κ2) is 6.60. The lowest BCUT2D eigenvalue weighted by Crippen LogP contribution is -2.32. The van der Waals surface area contributed by atoms with Crippen LogP contribution in [0.1, 0.15) is 23.3 Å². The van der Waals surface area contributed by atoms with Crippen LogP contribution in [-0.4, -0.2) is 47.7 Å².